The lowest BCUT2D eigenvalue weighted by atomic mass is 9.93. The van der Waals surface area contributed by atoms with Crippen LogP contribution < -0.4 is 5.19 Å². The molecule has 0 unspecified atom stereocenters. The summed E-state index contributed by atoms with van der Waals surface area (Å²) in [5, 5.41) is 1.53. The van der Waals surface area contributed by atoms with Crippen molar-refractivity contribution in [3.05, 3.63) is 59.2 Å². The van der Waals surface area contributed by atoms with Crippen LogP contribution in [0.3, 0.4) is 0 Å². The van der Waals surface area contributed by atoms with E-state index in [2.05, 4.69) is 83.3 Å². The first kappa shape index (κ1) is 18.3. The van der Waals surface area contributed by atoms with Gasteiger partial charge >= 0.3 is 0 Å². The molecule has 0 aliphatic heterocycles. The van der Waals surface area contributed by atoms with E-state index in [4.69, 9.17) is 12.6 Å². The summed E-state index contributed by atoms with van der Waals surface area (Å²) in [5.74, 6) is 1.03. The maximum absolute atomic E-state index is 4.83. The van der Waals surface area contributed by atoms with Crippen molar-refractivity contribution in [1.29, 1.82) is 0 Å². The van der Waals surface area contributed by atoms with Gasteiger partial charge in [0, 0.05) is 4.90 Å². The summed E-state index contributed by atoms with van der Waals surface area (Å²) in [7, 11) is -1.48. The van der Waals surface area contributed by atoms with Crippen LogP contribution >= 0.6 is 12.6 Å². The maximum Gasteiger partial charge on any atom is 0.0849 e. The molecule has 2 aromatic carbocycles. The summed E-state index contributed by atoms with van der Waals surface area (Å²) in [6.07, 6.45) is 0. The van der Waals surface area contributed by atoms with Gasteiger partial charge in [0.25, 0.3) is 0 Å². The van der Waals surface area contributed by atoms with Crippen LogP contribution in [0.4, 0.5) is 0 Å². The van der Waals surface area contributed by atoms with Crippen LogP contribution in [-0.4, -0.2) is 8.07 Å². The largest absolute Gasteiger partial charge is 0.143 e. The molecule has 0 amide bonds. The number of thiol groups is 1. The van der Waals surface area contributed by atoms with E-state index in [-0.39, 0.29) is 0 Å². The van der Waals surface area contributed by atoms with Gasteiger partial charge in [-0.25, -0.2) is 0 Å². The maximum atomic E-state index is 4.83. The van der Waals surface area contributed by atoms with E-state index >= 15 is 0 Å². The first-order valence-corrected chi connectivity index (χ1v) is 12.3. The van der Waals surface area contributed by atoms with Crippen molar-refractivity contribution in [2.24, 2.45) is 0 Å². The van der Waals surface area contributed by atoms with Gasteiger partial charge < -0.3 is 0 Å². The minimum Gasteiger partial charge on any atom is -0.143 e. The first-order chi connectivity index (χ1) is 10.7. The summed E-state index contributed by atoms with van der Waals surface area (Å²) in [6, 6.07) is 17.0. The molecular formula is C21H30SSi. The van der Waals surface area contributed by atoms with Crippen molar-refractivity contribution in [3.8, 4) is 0 Å². The highest BCUT2D eigenvalue weighted by molar-refractivity contribution is 7.80. The van der Waals surface area contributed by atoms with Gasteiger partial charge in [-0.3, -0.25) is 0 Å². The Morgan fingerprint density at radius 2 is 1.35 bits per heavy atom. The quantitative estimate of drug-likeness (QED) is 0.506. The van der Waals surface area contributed by atoms with Gasteiger partial charge in [0.2, 0.25) is 0 Å². The SMILES string of the molecule is CC(C)c1cc(C[Si](C)(C)c2ccccc2)cc(C(C)C)c1S. The molecule has 0 aliphatic rings. The summed E-state index contributed by atoms with van der Waals surface area (Å²) in [5.41, 5.74) is 4.27. The molecule has 0 spiro atoms. The third-order valence-corrected chi connectivity index (χ3v) is 8.38. The van der Waals surface area contributed by atoms with Crippen LogP contribution in [0.2, 0.25) is 13.1 Å². The van der Waals surface area contributed by atoms with Crippen LogP contribution in [-0.2, 0) is 6.04 Å². The topological polar surface area (TPSA) is 0 Å². The first-order valence-electron chi connectivity index (χ1n) is 8.63. The predicted molar refractivity (Wildman–Crippen MR) is 109 cm³/mol. The van der Waals surface area contributed by atoms with Gasteiger partial charge in [0.05, 0.1) is 8.07 Å². The van der Waals surface area contributed by atoms with Gasteiger partial charge in [-0.1, -0.05) is 88.4 Å². The zero-order chi connectivity index (χ0) is 17.2. The van der Waals surface area contributed by atoms with Crippen molar-refractivity contribution < 1.29 is 0 Å². The minimum atomic E-state index is -1.48. The molecule has 0 saturated carbocycles. The van der Waals surface area contributed by atoms with E-state index in [1.165, 1.54) is 32.8 Å². The second kappa shape index (κ2) is 7.27. The number of benzene rings is 2. The minimum absolute atomic E-state index is 0.515. The van der Waals surface area contributed by atoms with Crippen LogP contribution in [0.1, 0.15) is 56.2 Å². The molecule has 0 aliphatic carbocycles. The smallest absolute Gasteiger partial charge is 0.0849 e. The molecule has 2 aromatic rings. The molecule has 0 bridgehead atoms. The second-order valence-corrected chi connectivity index (χ2v) is 13.0. The van der Waals surface area contributed by atoms with E-state index in [0.29, 0.717) is 11.8 Å². The van der Waals surface area contributed by atoms with Crippen molar-refractivity contribution in [2.75, 3.05) is 0 Å². The van der Waals surface area contributed by atoms with Gasteiger partial charge in [-0.2, -0.15) is 0 Å². The highest BCUT2D eigenvalue weighted by Gasteiger charge is 2.25. The number of rotatable bonds is 5. The van der Waals surface area contributed by atoms with Crippen LogP contribution in [0.5, 0.6) is 0 Å². The standard InChI is InChI=1S/C21H30SSi/c1-15(2)19-12-17(13-20(16(3)4)21(19)22)14-23(5,6)18-10-8-7-9-11-18/h7-13,15-16,22H,14H2,1-6H3. The monoisotopic (exact) mass is 342 g/mol. The lowest BCUT2D eigenvalue weighted by Gasteiger charge is -2.25. The number of hydrogen-bond donors (Lipinski definition) is 1. The summed E-state index contributed by atoms with van der Waals surface area (Å²) in [4.78, 5) is 1.19. The Hall–Kier alpha value is -0.993. The fourth-order valence-electron chi connectivity index (χ4n) is 3.23. The van der Waals surface area contributed by atoms with Gasteiger partial charge in [-0.15, -0.1) is 12.6 Å². The van der Waals surface area contributed by atoms with Crippen LogP contribution in [0, 0.1) is 0 Å². The summed E-state index contributed by atoms with van der Waals surface area (Å²) < 4.78 is 0. The lowest BCUT2D eigenvalue weighted by molar-refractivity contribution is 0.791. The second-order valence-electron chi connectivity index (χ2n) is 7.86. The molecule has 0 atom stereocenters. The zero-order valence-electron chi connectivity index (χ0n) is 15.4. The Kier molecular flexibility index (Phi) is 5.80. The molecule has 0 N–H and O–H groups in total. The van der Waals surface area contributed by atoms with Crippen LogP contribution in [0.25, 0.3) is 0 Å². The predicted octanol–water partition coefficient (Wildman–Crippen LogP) is 5.92. The molecule has 0 fully saturated rings. The number of hydrogen-bond acceptors (Lipinski definition) is 1. The Labute approximate surface area is 148 Å². The van der Waals surface area contributed by atoms with E-state index in [1.54, 1.807) is 0 Å². The molecule has 124 valence electrons. The normalized spacial score (nSPS) is 12.2. The van der Waals surface area contributed by atoms with E-state index in [1.807, 2.05) is 0 Å². The fourth-order valence-corrected chi connectivity index (χ4v) is 6.40. The Morgan fingerprint density at radius 1 is 0.870 bits per heavy atom. The summed E-state index contributed by atoms with van der Waals surface area (Å²) in [6.45, 7) is 14.0. The van der Waals surface area contributed by atoms with E-state index in [9.17, 15) is 0 Å². The molecule has 23 heavy (non-hydrogen) atoms. The highest BCUT2D eigenvalue weighted by Crippen LogP contribution is 2.33. The highest BCUT2D eigenvalue weighted by atomic mass is 32.1. The zero-order valence-corrected chi connectivity index (χ0v) is 17.2. The van der Waals surface area contributed by atoms with Crippen LogP contribution in [0.15, 0.2) is 47.4 Å². The van der Waals surface area contributed by atoms with Crippen molar-refractivity contribution in [1.82, 2.24) is 0 Å². The molecule has 0 heterocycles. The Morgan fingerprint density at radius 3 is 1.78 bits per heavy atom. The Bertz CT molecular complexity index is 628. The molecular weight excluding hydrogens is 312 g/mol. The van der Waals surface area contributed by atoms with Crippen molar-refractivity contribution in [3.63, 3.8) is 0 Å². The van der Waals surface area contributed by atoms with E-state index < -0.39 is 8.07 Å². The van der Waals surface area contributed by atoms with E-state index in [0.717, 1.165) is 0 Å². The van der Waals surface area contributed by atoms with Crippen molar-refractivity contribution >= 4 is 25.9 Å². The van der Waals surface area contributed by atoms with Gasteiger partial charge in [-0.05, 0) is 34.6 Å². The van der Waals surface area contributed by atoms with Gasteiger partial charge in [0.1, 0.15) is 0 Å². The molecule has 2 rings (SSSR count). The third kappa shape index (κ3) is 4.30. The molecule has 0 saturated heterocycles. The van der Waals surface area contributed by atoms with Crippen molar-refractivity contribution in [2.45, 2.75) is 63.6 Å². The summed E-state index contributed by atoms with van der Waals surface area (Å²) >= 11 is 4.83. The third-order valence-electron chi connectivity index (χ3n) is 4.67. The molecule has 0 nitrogen and oxygen atoms in total. The molecule has 0 aromatic heterocycles. The fraction of sp³-hybridized carbons (Fsp3) is 0.429. The molecule has 2 heteroatoms. The molecule has 0 radical (unpaired) electrons. The lowest BCUT2D eigenvalue weighted by Crippen LogP contribution is -2.43. The Balaban J connectivity index is 2.43. The average molecular weight is 343 g/mol. The van der Waals surface area contributed by atoms with Gasteiger partial charge in [0.15, 0.2) is 0 Å². The average Bonchev–Trinajstić information content (AvgIpc) is 2.49.